The molecular formula is C17H16ClN5O2. The number of rotatable bonds is 4. The highest BCUT2D eigenvalue weighted by Gasteiger charge is 2.24. The van der Waals surface area contributed by atoms with Crippen LogP contribution in [0.25, 0.3) is 0 Å². The number of benzene rings is 1. The van der Waals surface area contributed by atoms with Crippen molar-refractivity contribution in [3.05, 3.63) is 47.0 Å². The van der Waals surface area contributed by atoms with E-state index in [9.17, 15) is 4.79 Å². The Morgan fingerprint density at radius 1 is 1.32 bits per heavy atom. The zero-order chi connectivity index (χ0) is 17.6. The fourth-order valence-corrected chi connectivity index (χ4v) is 3.00. The molecule has 1 heterocycles. The van der Waals surface area contributed by atoms with Gasteiger partial charge in [-0.15, -0.1) is 10.2 Å². The van der Waals surface area contributed by atoms with Crippen LogP contribution in [0.3, 0.4) is 0 Å². The Morgan fingerprint density at radius 2 is 2.12 bits per heavy atom. The monoisotopic (exact) mass is 357 g/mol. The van der Waals surface area contributed by atoms with Gasteiger partial charge in [0.05, 0.1) is 22.9 Å². The summed E-state index contributed by atoms with van der Waals surface area (Å²) in [5.74, 6) is 0.394. The third-order valence-electron chi connectivity index (χ3n) is 4.09. The third kappa shape index (κ3) is 4.43. The first kappa shape index (κ1) is 17.1. The molecule has 25 heavy (non-hydrogen) atoms. The van der Waals surface area contributed by atoms with E-state index in [0.29, 0.717) is 16.3 Å². The van der Waals surface area contributed by atoms with Gasteiger partial charge < -0.3 is 10.1 Å². The summed E-state index contributed by atoms with van der Waals surface area (Å²) in [6, 6.07) is 7.17. The number of nitrogens with zero attached hydrogens (tertiary/aromatic N) is 4. The van der Waals surface area contributed by atoms with Crippen molar-refractivity contribution < 1.29 is 9.53 Å². The van der Waals surface area contributed by atoms with Gasteiger partial charge in [0.1, 0.15) is 18.1 Å². The fourth-order valence-electron chi connectivity index (χ4n) is 2.79. The number of nitriles is 1. The third-order valence-corrected chi connectivity index (χ3v) is 4.40. The van der Waals surface area contributed by atoms with E-state index in [-0.39, 0.29) is 23.7 Å². The van der Waals surface area contributed by atoms with Crippen molar-refractivity contribution in [2.75, 3.05) is 0 Å². The molecule has 128 valence electrons. The minimum absolute atomic E-state index is 0.0651. The molecule has 1 aliphatic rings. The van der Waals surface area contributed by atoms with Crippen molar-refractivity contribution in [3.8, 4) is 11.8 Å². The van der Waals surface area contributed by atoms with Gasteiger partial charge in [0.2, 0.25) is 0 Å². The summed E-state index contributed by atoms with van der Waals surface area (Å²) in [6.07, 6.45) is 6.01. The number of nitrogens with one attached hydrogen (secondary N) is 1. The highest BCUT2D eigenvalue weighted by Crippen LogP contribution is 2.27. The number of halogens is 1. The van der Waals surface area contributed by atoms with Crippen molar-refractivity contribution >= 4 is 17.5 Å². The number of amides is 1. The van der Waals surface area contributed by atoms with Gasteiger partial charge in [-0.05, 0) is 37.8 Å². The van der Waals surface area contributed by atoms with Crippen LogP contribution in [0.4, 0.5) is 0 Å². The molecule has 0 saturated heterocycles. The average Bonchev–Trinajstić information content (AvgIpc) is 2.64. The molecule has 3 rings (SSSR count). The van der Waals surface area contributed by atoms with Gasteiger partial charge in [0.15, 0.2) is 5.69 Å². The molecule has 0 spiro atoms. The van der Waals surface area contributed by atoms with Crippen LogP contribution in [0, 0.1) is 11.3 Å². The lowest BCUT2D eigenvalue weighted by molar-refractivity contribution is 0.0887. The quantitative estimate of drug-likeness (QED) is 0.902. The van der Waals surface area contributed by atoms with Crippen LogP contribution in [-0.2, 0) is 0 Å². The number of carbonyl (C=O) groups is 1. The maximum absolute atomic E-state index is 12.1. The molecule has 2 aromatic rings. The van der Waals surface area contributed by atoms with E-state index in [1.807, 2.05) is 6.07 Å². The lowest BCUT2D eigenvalue weighted by atomic mass is 9.93. The summed E-state index contributed by atoms with van der Waals surface area (Å²) in [6.45, 7) is 0. The maximum atomic E-state index is 12.1. The molecule has 0 bridgehead atoms. The number of ether oxygens (including phenoxy) is 1. The second-order valence-electron chi connectivity index (χ2n) is 5.81. The van der Waals surface area contributed by atoms with Crippen LogP contribution in [-0.4, -0.2) is 33.2 Å². The second kappa shape index (κ2) is 7.90. The van der Waals surface area contributed by atoms with Gasteiger partial charge in [-0.3, -0.25) is 4.79 Å². The standard InChI is InChI=1S/C17H16ClN5O2/c18-15-7-14(4-1-11(15)8-19)25-13-5-2-12(3-6-13)22-17(24)16-9-20-10-21-23-16/h1,4,7,9-10,12-13H,2-3,5-6H2,(H,22,24). The van der Waals surface area contributed by atoms with E-state index in [2.05, 4.69) is 20.5 Å². The van der Waals surface area contributed by atoms with Gasteiger partial charge in [-0.2, -0.15) is 5.26 Å². The minimum Gasteiger partial charge on any atom is -0.490 e. The van der Waals surface area contributed by atoms with Crippen molar-refractivity contribution in [1.82, 2.24) is 20.5 Å². The Labute approximate surface area is 150 Å². The SMILES string of the molecule is N#Cc1ccc(OC2CCC(NC(=O)c3cncnn3)CC2)cc1Cl. The Morgan fingerprint density at radius 3 is 2.76 bits per heavy atom. The lowest BCUT2D eigenvalue weighted by Crippen LogP contribution is -2.40. The van der Waals surface area contributed by atoms with Crippen LogP contribution in [0.5, 0.6) is 5.75 Å². The molecule has 1 amide bonds. The summed E-state index contributed by atoms with van der Waals surface area (Å²) in [5.41, 5.74) is 0.645. The lowest BCUT2D eigenvalue weighted by Gasteiger charge is -2.29. The van der Waals surface area contributed by atoms with Crippen molar-refractivity contribution in [3.63, 3.8) is 0 Å². The van der Waals surface area contributed by atoms with Crippen LogP contribution < -0.4 is 10.1 Å². The molecule has 0 aliphatic heterocycles. The normalized spacial score (nSPS) is 19.7. The van der Waals surface area contributed by atoms with Gasteiger partial charge in [0.25, 0.3) is 5.91 Å². The van der Waals surface area contributed by atoms with E-state index in [4.69, 9.17) is 21.6 Å². The smallest absolute Gasteiger partial charge is 0.273 e. The molecule has 1 N–H and O–H groups in total. The highest BCUT2D eigenvalue weighted by molar-refractivity contribution is 6.31. The molecular weight excluding hydrogens is 342 g/mol. The van der Waals surface area contributed by atoms with Gasteiger partial charge in [0, 0.05) is 12.1 Å². The number of hydrogen-bond donors (Lipinski definition) is 1. The molecule has 1 fully saturated rings. The summed E-state index contributed by atoms with van der Waals surface area (Å²) in [7, 11) is 0. The Hall–Kier alpha value is -2.72. The Bertz CT molecular complexity index is 785. The van der Waals surface area contributed by atoms with E-state index in [1.54, 1.807) is 18.2 Å². The van der Waals surface area contributed by atoms with Crippen LogP contribution in [0.2, 0.25) is 5.02 Å². The first-order chi connectivity index (χ1) is 12.2. The van der Waals surface area contributed by atoms with Gasteiger partial charge in [-0.25, -0.2) is 4.98 Å². The van der Waals surface area contributed by atoms with Crippen LogP contribution in [0.1, 0.15) is 41.7 Å². The number of carbonyl (C=O) groups excluding carboxylic acids is 1. The molecule has 1 aliphatic carbocycles. The predicted octanol–water partition coefficient (Wildman–Crippen LogP) is 2.52. The van der Waals surface area contributed by atoms with E-state index >= 15 is 0 Å². The summed E-state index contributed by atoms with van der Waals surface area (Å²) in [5, 5.41) is 19.6. The molecule has 8 heteroatoms. The van der Waals surface area contributed by atoms with E-state index in [1.165, 1.54) is 12.5 Å². The zero-order valence-corrected chi connectivity index (χ0v) is 14.1. The van der Waals surface area contributed by atoms with E-state index < -0.39 is 0 Å². The maximum Gasteiger partial charge on any atom is 0.273 e. The molecule has 1 saturated carbocycles. The molecule has 7 nitrogen and oxygen atoms in total. The van der Waals surface area contributed by atoms with E-state index in [0.717, 1.165) is 25.7 Å². The molecule has 0 atom stereocenters. The first-order valence-corrected chi connectivity index (χ1v) is 8.33. The van der Waals surface area contributed by atoms with Crippen molar-refractivity contribution in [2.24, 2.45) is 0 Å². The molecule has 1 aromatic heterocycles. The molecule has 1 aromatic carbocycles. The zero-order valence-electron chi connectivity index (χ0n) is 13.4. The number of aromatic nitrogens is 3. The minimum atomic E-state index is -0.260. The highest BCUT2D eigenvalue weighted by atomic mass is 35.5. The first-order valence-electron chi connectivity index (χ1n) is 7.95. The van der Waals surface area contributed by atoms with Crippen LogP contribution >= 0.6 is 11.6 Å². The molecule has 0 unspecified atom stereocenters. The Kier molecular flexibility index (Phi) is 5.41. The predicted molar refractivity (Wildman–Crippen MR) is 90.1 cm³/mol. The average molecular weight is 358 g/mol. The molecule has 0 radical (unpaired) electrons. The van der Waals surface area contributed by atoms with Gasteiger partial charge >= 0.3 is 0 Å². The second-order valence-corrected chi connectivity index (χ2v) is 6.22. The van der Waals surface area contributed by atoms with Crippen LogP contribution in [0.15, 0.2) is 30.7 Å². The van der Waals surface area contributed by atoms with Gasteiger partial charge in [-0.1, -0.05) is 11.6 Å². The fraction of sp³-hybridized carbons (Fsp3) is 0.353. The van der Waals surface area contributed by atoms with Crippen molar-refractivity contribution in [2.45, 2.75) is 37.8 Å². The summed E-state index contributed by atoms with van der Waals surface area (Å²) < 4.78 is 5.93. The summed E-state index contributed by atoms with van der Waals surface area (Å²) in [4.78, 5) is 15.8. The summed E-state index contributed by atoms with van der Waals surface area (Å²) >= 11 is 6.02. The van der Waals surface area contributed by atoms with Crippen molar-refractivity contribution in [1.29, 1.82) is 5.26 Å². The topological polar surface area (TPSA) is 101 Å². The Balaban J connectivity index is 1.50. The number of hydrogen-bond acceptors (Lipinski definition) is 6. The largest absolute Gasteiger partial charge is 0.490 e.